The van der Waals surface area contributed by atoms with Gasteiger partial charge in [0.05, 0.1) is 13.0 Å². The largest absolute Gasteiger partial charge is 0.497 e. The molecule has 2 N–H and O–H groups in total. The summed E-state index contributed by atoms with van der Waals surface area (Å²) < 4.78 is 5.14. The summed E-state index contributed by atoms with van der Waals surface area (Å²) in [6.07, 6.45) is 3.46. The topological polar surface area (TPSA) is 74.4 Å². The molecule has 2 amide bonds. The number of H-pyrrole nitrogens is 1. The molecule has 1 saturated heterocycles. The number of aromatic amines is 1. The lowest BCUT2D eigenvalue weighted by molar-refractivity contribution is -0.121. The Morgan fingerprint density at radius 3 is 2.75 bits per heavy atom. The third kappa shape index (κ3) is 3.71. The second-order valence-corrected chi connectivity index (χ2v) is 7.09. The van der Waals surface area contributed by atoms with E-state index in [0.717, 1.165) is 35.2 Å². The number of carbonyl (C=O) groups is 2. The average Bonchev–Trinajstić information content (AvgIpc) is 3.21. The predicted molar refractivity (Wildman–Crippen MR) is 109 cm³/mol. The van der Waals surface area contributed by atoms with E-state index in [1.807, 2.05) is 54.7 Å². The minimum absolute atomic E-state index is 0.0231. The third-order valence-corrected chi connectivity index (χ3v) is 5.24. The van der Waals surface area contributed by atoms with Crippen molar-refractivity contribution in [1.82, 2.24) is 9.88 Å². The Hall–Kier alpha value is -3.28. The number of benzene rings is 2. The van der Waals surface area contributed by atoms with Gasteiger partial charge in [0.15, 0.2) is 0 Å². The van der Waals surface area contributed by atoms with Crippen molar-refractivity contribution in [3.8, 4) is 5.75 Å². The van der Waals surface area contributed by atoms with Gasteiger partial charge >= 0.3 is 0 Å². The smallest absolute Gasteiger partial charge is 0.253 e. The summed E-state index contributed by atoms with van der Waals surface area (Å²) in [5, 5.41) is 3.96. The van der Waals surface area contributed by atoms with Crippen LogP contribution in [0.1, 0.15) is 23.2 Å². The summed E-state index contributed by atoms with van der Waals surface area (Å²) >= 11 is 0. The molecule has 144 valence electrons. The van der Waals surface area contributed by atoms with Gasteiger partial charge in [-0.15, -0.1) is 0 Å². The number of nitrogens with one attached hydrogen (secondary N) is 2. The number of carbonyl (C=O) groups excluding carboxylic acids is 2. The van der Waals surface area contributed by atoms with Crippen molar-refractivity contribution in [3.63, 3.8) is 0 Å². The second kappa shape index (κ2) is 7.76. The summed E-state index contributed by atoms with van der Waals surface area (Å²) in [7, 11) is 1.61. The maximum absolute atomic E-state index is 12.9. The first-order valence-electron chi connectivity index (χ1n) is 9.45. The van der Waals surface area contributed by atoms with Gasteiger partial charge in [0.2, 0.25) is 5.91 Å². The van der Waals surface area contributed by atoms with Crippen LogP contribution < -0.4 is 10.1 Å². The Balaban J connectivity index is 1.42. The number of rotatable bonds is 4. The molecule has 0 bridgehead atoms. The summed E-state index contributed by atoms with van der Waals surface area (Å²) in [6, 6.07) is 14.8. The lowest BCUT2D eigenvalue weighted by Gasteiger charge is -2.32. The number of methoxy groups -OCH3 is 1. The summed E-state index contributed by atoms with van der Waals surface area (Å²) in [5.74, 6) is 0.455. The first-order chi connectivity index (χ1) is 13.6. The molecule has 1 atom stereocenters. The van der Waals surface area contributed by atoms with Crippen molar-refractivity contribution in [3.05, 3.63) is 60.3 Å². The number of anilines is 1. The summed E-state index contributed by atoms with van der Waals surface area (Å²) in [4.78, 5) is 30.5. The Bertz CT molecular complexity index is 994. The highest BCUT2D eigenvalue weighted by molar-refractivity contribution is 5.99. The Morgan fingerprint density at radius 1 is 1.14 bits per heavy atom. The molecule has 28 heavy (non-hydrogen) atoms. The quantitative estimate of drug-likeness (QED) is 0.729. The highest BCUT2D eigenvalue weighted by Crippen LogP contribution is 2.23. The monoisotopic (exact) mass is 377 g/mol. The fraction of sp³-hybridized carbons (Fsp3) is 0.273. The fourth-order valence-electron chi connectivity index (χ4n) is 3.66. The van der Waals surface area contributed by atoms with Crippen molar-refractivity contribution in [2.45, 2.75) is 12.8 Å². The van der Waals surface area contributed by atoms with Crippen molar-refractivity contribution in [1.29, 1.82) is 0 Å². The van der Waals surface area contributed by atoms with E-state index in [9.17, 15) is 9.59 Å². The molecule has 6 nitrogen and oxygen atoms in total. The minimum Gasteiger partial charge on any atom is -0.497 e. The molecular formula is C22H23N3O3. The first kappa shape index (κ1) is 18.1. The van der Waals surface area contributed by atoms with E-state index in [4.69, 9.17) is 4.74 Å². The molecule has 1 aliphatic heterocycles. The van der Waals surface area contributed by atoms with Crippen LogP contribution in [0, 0.1) is 5.92 Å². The maximum atomic E-state index is 12.9. The van der Waals surface area contributed by atoms with E-state index < -0.39 is 0 Å². The van der Waals surface area contributed by atoms with Gasteiger partial charge in [-0.2, -0.15) is 0 Å². The zero-order chi connectivity index (χ0) is 19.5. The molecule has 4 rings (SSSR count). The van der Waals surface area contributed by atoms with Crippen LogP contribution in [0.15, 0.2) is 54.7 Å². The van der Waals surface area contributed by atoms with E-state index in [1.165, 1.54) is 0 Å². The molecular weight excluding hydrogens is 354 g/mol. The van der Waals surface area contributed by atoms with Crippen LogP contribution in [0.2, 0.25) is 0 Å². The van der Waals surface area contributed by atoms with Gasteiger partial charge < -0.3 is 19.9 Å². The molecule has 1 aliphatic rings. The summed E-state index contributed by atoms with van der Waals surface area (Å²) in [6.45, 7) is 1.11. The van der Waals surface area contributed by atoms with E-state index >= 15 is 0 Å². The van der Waals surface area contributed by atoms with Gasteiger partial charge in [-0.1, -0.05) is 0 Å². The number of hydrogen-bond acceptors (Lipinski definition) is 3. The molecule has 6 heteroatoms. The second-order valence-electron chi connectivity index (χ2n) is 7.09. The highest BCUT2D eigenvalue weighted by Gasteiger charge is 2.29. The van der Waals surface area contributed by atoms with Crippen LogP contribution >= 0.6 is 0 Å². The number of fused-ring (bicyclic) bond motifs is 1. The summed E-state index contributed by atoms with van der Waals surface area (Å²) in [5.41, 5.74) is 2.39. The number of ether oxygens (including phenoxy) is 1. The normalized spacial score (nSPS) is 16.8. The van der Waals surface area contributed by atoms with E-state index in [2.05, 4.69) is 10.3 Å². The zero-order valence-electron chi connectivity index (χ0n) is 15.8. The third-order valence-electron chi connectivity index (χ3n) is 5.24. The average molecular weight is 377 g/mol. The Kier molecular flexibility index (Phi) is 5.02. The minimum atomic E-state index is -0.212. The van der Waals surface area contributed by atoms with Gasteiger partial charge in [0.1, 0.15) is 5.75 Å². The van der Waals surface area contributed by atoms with E-state index in [0.29, 0.717) is 18.7 Å². The molecule has 2 heterocycles. The van der Waals surface area contributed by atoms with Crippen molar-refractivity contribution in [2.75, 3.05) is 25.5 Å². The van der Waals surface area contributed by atoms with Crippen LogP contribution in [0.3, 0.4) is 0 Å². The maximum Gasteiger partial charge on any atom is 0.253 e. The molecule has 1 aromatic heterocycles. The number of piperidine rings is 1. The van der Waals surface area contributed by atoms with Crippen molar-refractivity contribution in [2.24, 2.45) is 5.92 Å². The van der Waals surface area contributed by atoms with Crippen molar-refractivity contribution < 1.29 is 14.3 Å². The van der Waals surface area contributed by atoms with E-state index in [-0.39, 0.29) is 17.7 Å². The Morgan fingerprint density at radius 2 is 1.96 bits per heavy atom. The van der Waals surface area contributed by atoms with E-state index in [1.54, 1.807) is 12.0 Å². The van der Waals surface area contributed by atoms with Gasteiger partial charge in [-0.3, -0.25) is 9.59 Å². The number of likely N-dealkylation sites (tertiary alicyclic amines) is 1. The number of amides is 2. The molecule has 2 aromatic carbocycles. The van der Waals surface area contributed by atoms with Crippen LogP contribution in [0.4, 0.5) is 5.69 Å². The van der Waals surface area contributed by atoms with Crippen LogP contribution in [-0.2, 0) is 4.79 Å². The van der Waals surface area contributed by atoms with Crippen LogP contribution in [-0.4, -0.2) is 41.9 Å². The zero-order valence-corrected chi connectivity index (χ0v) is 15.8. The highest BCUT2D eigenvalue weighted by atomic mass is 16.5. The van der Waals surface area contributed by atoms with Crippen molar-refractivity contribution >= 4 is 28.4 Å². The first-order valence-corrected chi connectivity index (χ1v) is 9.45. The Labute approximate surface area is 163 Å². The molecule has 0 spiro atoms. The van der Waals surface area contributed by atoms with Gasteiger partial charge in [-0.05, 0) is 61.4 Å². The van der Waals surface area contributed by atoms with Gasteiger partial charge in [-0.25, -0.2) is 0 Å². The van der Waals surface area contributed by atoms with Gasteiger partial charge in [0, 0.05) is 41.4 Å². The number of nitrogens with zero attached hydrogens (tertiary/aromatic N) is 1. The standard InChI is InChI=1S/C22H23N3O3/c1-28-19-7-5-18(6-8-19)24-21(26)17-3-2-12-25(14-17)22(27)16-4-9-20-15(13-16)10-11-23-20/h4-11,13,17,23H,2-3,12,14H2,1H3,(H,24,26)/t17-/m0/s1. The number of hydrogen-bond donors (Lipinski definition) is 2. The lowest BCUT2D eigenvalue weighted by Crippen LogP contribution is -2.43. The van der Waals surface area contributed by atoms with Crippen LogP contribution in [0.25, 0.3) is 10.9 Å². The molecule has 0 radical (unpaired) electrons. The molecule has 0 saturated carbocycles. The molecule has 0 aliphatic carbocycles. The van der Waals surface area contributed by atoms with Crippen LogP contribution in [0.5, 0.6) is 5.75 Å². The number of aromatic nitrogens is 1. The van der Waals surface area contributed by atoms with Gasteiger partial charge in [0.25, 0.3) is 5.91 Å². The molecule has 1 fully saturated rings. The molecule has 0 unspecified atom stereocenters. The lowest BCUT2D eigenvalue weighted by atomic mass is 9.96. The molecule has 3 aromatic rings. The SMILES string of the molecule is COc1ccc(NC(=O)[C@H]2CCCN(C(=O)c3ccc4[nH]ccc4c3)C2)cc1. The predicted octanol–water partition coefficient (Wildman–Crippen LogP) is 3.67. The fourth-order valence-corrected chi connectivity index (χ4v) is 3.66.